The number of ether oxygens (including phenoxy) is 1. The molecule has 112 valence electrons. The summed E-state index contributed by atoms with van der Waals surface area (Å²) in [6.45, 7) is 2.96. The maximum absolute atomic E-state index is 11.9. The van der Waals surface area contributed by atoms with E-state index in [-0.39, 0.29) is 6.73 Å². The minimum Gasteiger partial charge on any atom is -0.368 e. The molecule has 0 aliphatic carbocycles. The van der Waals surface area contributed by atoms with Gasteiger partial charge in [0.25, 0.3) is 5.56 Å². The lowest BCUT2D eigenvalue weighted by molar-refractivity contribution is -0.115. The molecule has 1 atom stereocenters. The van der Waals surface area contributed by atoms with E-state index in [4.69, 9.17) is 4.74 Å². The fourth-order valence-corrected chi connectivity index (χ4v) is 2.69. The third kappa shape index (κ3) is 3.84. The van der Waals surface area contributed by atoms with Gasteiger partial charge in [0.1, 0.15) is 6.73 Å². The van der Waals surface area contributed by atoms with Crippen molar-refractivity contribution in [2.75, 3.05) is 0 Å². The molecule has 2 aromatic rings. The summed E-state index contributed by atoms with van der Waals surface area (Å²) in [5, 5.41) is 9.69. The van der Waals surface area contributed by atoms with E-state index in [0.29, 0.717) is 10.6 Å². The third-order valence-corrected chi connectivity index (χ3v) is 4.00. The maximum atomic E-state index is 11.9. The van der Waals surface area contributed by atoms with E-state index in [1.807, 2.05) is 30.3 Å². The molecule has 0 fully saturated rings. The molecule has 6 nitrogen and oxygen atoms in total. The first-order chi connectivity index (χ1) is 9.99. The second kappa shape index (κ2) is 6.75. The quantitative estimate of drug-likeness (QED) is 0.642. The van der Waals surface area contributed by atoms with E-state index in [9.17, 15) is 14.7 Å². The van der Waals surface area contributed by atoms with Crippen LogP contribution in [0.4, 0.5) is 0 Å². The Morgan fingerprint density at radius 1 is 1.33 bits per heavy atom. The highest BCUT2D eigenvalue weighted by molar-refractivity contribution is 7.99. The minimum absolute atomic E-state index is 0.136. The van der Waals surface area contributed by atoms with Gasteiger partial charge < -0.3 is 9.84 Å². The average Bonchev–Trinajstić information content (AvgIpc) is 2.45. The summed E-state index contributed by atoms with van der Waals surface area (Å²) >= 11 is 1.30. The van der Waals surface area contributed by atoms with Gasteiger partial charge in [-0.1, -0.05) is 30.0 Å². The number of hydrogen-bond donors (Lipinski definition) is 2. The molecule has 0 aliphatic heterocycles. The topological polar surface area (TPSA) is 84.3 Å². The molecule has 0 radical (unpaired) electrons. The fraction of sp³-hybridized carbons (Fsp3) is 0.286. The lowest BCUT2D eigenvalue weighted by Gasteiger charge is -2.15. The number of aliphatic hydroxyl groups is 1. The highest BCUT2D eigenvalue weighted by Gasteiger charge is 2.13. The molecule has 0 aliphatic rings. The van der Waals surface area contributed by atoms with Crippen molar-refractivity contribution >= 4 is 11.8 Å². The van der Waals surface area contributed by atoms with E-state index in [1.54, 1.807) is 6.92 Å². The Balaban J connectivity index is 2.46. The monoisotopic (exact) mass is 308 g/mol. The van der Waals surface area contributed by atoms with Gasteiger partial charge in [-0.2, -0.15) is 0 Å². The van der Waals surface area contributed by atoms with Gasteiger partial charge in [-0.05, 0) is 26.0 Å². The summed E-state index contributed by atoms with van der Waals surface area (Å²) in [5.74, 6) is 0. The van der Waals surface area contributed by atoms with Gasteiger partial charge in [0.05, 0.1) is 5.03 Å². The Kier molecular flexibility index (Phi) is 5.00. The largest absolute Gasteiger partial charge is 0.368 e. The number of nitrogens with one attached hydrogen (secondary N) is 1. The zero-order valence-corrected chi connectivity index (χ0v) is 12.5. The predicted octanol–water partition coefficient (Wildman–Crippen LogP) is 1.31. The first-order valence-corrected chi connectivity index (χ1v) is 7.17. The molecule has 0 spiro atoms. The number of aliphatic hydroxyl groups excluding tert-OH is 1. The van der Waals surface area contributed by atoms with E-state index < -0.39 is 17.5 Å². The van der Waals surface area contributed by atoms with Crippen LogP contribution in [0.15, 0.2) is 49.8 Å². The number of H-pyrrole nitrogens is 1. The maximum Gasteiger partial charge on any atom is 0.331 e. The zero-order chi connectivity index (χ0) is 15.4. The normalized spacial score (nSPS) is 12.3. The Hall–Kier alpha value is -1.83. The van der Waals surface area contributed by atoms with Crippen LogP contribution < -0.4 is 11.2 Å². The Morgan fingerprint density at radius 2 is 2.00 bits per heavy atom. The molecule has 1 unspecified atom stereocenters. The molecule has 1 aromatic carbocycles. The fourth-order valence-electron chi connectivity index (χ4n) is 1.68. The van der Waals surface area contributed by atoms with Crippen LogP contribution in [-0.4, -0.2) is 20.9 Å². The van der Waals surface area contributed by atoms with Crippen LogP contribution in [0, 0.1) is 6.92 Å². The zero-order valence-electron chi connectivity index (χ0n) is 11.7. The van der Waals surface area contributed by atoms with Crippen molar-refractivity contribution < 1.29 is 9.84 Å². The van der Waals surface area contributed by atoms with Crippen molar-refractivity contribution in [2.45, 2.75) is 36.8 Å². The summed E-state index contributed by atoms with van der Waals surface area (Å²) in [6, 6.07) is 9.41. The van der Waals surface area contributed by atoms with Gasteiger partial charge >= 0.3 is 5.69 Å². The lowest BCUT2D eigenvalue weighted by Crippen LogP contribution is -2.34. The van der Waals surface area contributed by atoms with Gasteiger partial charge in [-0.25, -0.2) is 4.79 Å². The van der Waals surface area contributed by atoms with Crippen LogP contribution >= 0.6 is 11.8 Å². The Labute approximate surface area is 125 Å². The first kappa shape index (κ1) is 15.6. The molecule has 0 amide bonds. The number of aromatic amines is 1. The van der Waals surface area contributed by atoms with Crippen molar-refractivity contribution in [1.29, 1.82) is 0 Å². The molecule has 7 heteroatoms. The second-order valence-electron chi connectivity index (χ2n) is 4.43. The molecule has 0 bridgehead atoms. The number of benzene rings is 1. The molecule has 1 aromatic heterocycles. The number of nitrogens with zero attached hydrogens (tertiary/aromatic N) is 1. The smallest absolute Gasteiger partial charge is 0.331 e. The van der Waals surface area contributed by atoms with Gasteiger partial charge in [0.15, 0.2) is 6.29 Å². The number of aromatic nitrogens is 2. The van der Waals surface area contributed by atoms with Crippen LogP contribution in [0.5, 0.6) is 0 Å². The van der Waals surface area contributed by atoms with Gasteiger partial charge in [-0.15, -0.1) is 0 Å². The number of hydrogen-bond acceptors (Lipinski definition) is 5. The van der Waals surface area contributed by atoms with E-state index in [2.05, 4.69) is 4.98 Å². The molecular weight excluding hydrogens is 292 g/mol. The van der Waals surface area contributed by atoms with Crippen LogP contribution in [0.1, 0.15) is 12.5 Å². The van der Waals surface area contributed by atoms with Crippen LogP contribution in [0.25, 0.3) is 0 Å². The molecular formula is C14H16N2O4S. The number of rotatable bonds is 5. The van der Waals surface area contributed by atoms with Crippen molar-refractivity contribution in [3.8, 4) is 0 Å². The Morgan fingerprint density at radius 3 is 2.62 bits per heavy atom. The highest BCUT2D eigenvalue weighted by atomic mass is 32.2. The van der Waals surface area contributed by atoms with Gasteiger partial charge in [-0.3, -0.25) is 14.3 Å². The van der Waals surface area contributed by atoms with Crippen molar-refractivity contribution in [2.24, 2.45) is 0 Å². The summed E-state index contributed by atoms with van der Waals surface area (Å²) in [6.07, 6.45) is -1.00. The predicted molar refractivity (Wildman–Crippen MR) is 79.4 cm³/mol. The molecule has 21 heavy (non-hydrogen) atoms. The highest BCUT2D eigenvalue weighted by Crippen LogP contribution is 2.27. The second-order valence-corrected chi connectivity index (χ2v) is 5.49. The average molecular weight is 308 g/mol. The summed E-state index contributed by atoms with van der Waals surface area (Å²) in [5.41, 5.74) is -0.561. The summed E-state index contributed by atoms with van der Waals surface area (Å²) < 4.78 is 6.36. The standard InChI is InChI=1S/C14H16N2O4S/c1-9-12(18)15-14(19)16(8-20-10(2)17)13(9)21-11-6-4-3-5-7-11/h3-7,10,17H,8H2,1-2H3,(H,15,18,19). The van der Waals surface area contributed by atoms with Crippen LogP contribution in [0.3, 0.4) is 0 Å². The van der Waals surface area contributed by atoms with E-state index >= 15 is 0 Å². The van der Waals surface area contributed by atoms with Crippen LogP contribution in [-0.2, 0) is 11.5 Å². The molecule has 0 saturated carbocycles. The molecule has 1 heterocycles. The van der Waals surface area contributed by atoms with Crippen molar-refractivity contribution in [1.82, 2.24) is 9.55 Å². The molecule has 2 N–H and O–H groups in total. The molecule has 0 saturated heterocycles. The van der Waals surface area contributed by atoms with Gasteiger partial charge in [0.2, 0.25) is 0 Å². The lowest BCUT2D eigenvalue weighted by atomic mass is 10.4. The van der Waals surface area contributed by atoms with Crippen molar-refractivity contribution in [3.63, 3.8) is 0 Å². The Bertz CT molecular complexity index is 722. The van der Waals surface area contributed by atoms with Crippen LogP contribution in [0.2, 0.25) is 0 Å². The third-order valence-electron chi connectivity index (χ3n) is 2.77. The van der Waals surface area contributed by atoms with Gasteiger partial charge in [0, 0.05) is 10.5 Å². The van der Waals surface area contributed by atoms with E-state index in [0.717, 1.165) is 4.90 Å². The summed E-state index contributed by atoms with van der Waals surface area (Å²) in [7, 11) is 0. The van der Waals surface area contributed by atoms with E-state index in [1.165, 1.54) is 23.3 Å². The minimum atomic E-state index is -1.00. The van der Waals surface area contributed by atoms with Crippen molar-refractivity contribution in [3.05, 3.63) is 56.7 Å². The SMILES string of the molecule is Cc1c(Sc2ccccc2)n(COC(C)O)c(=O)[nH]c1=O. The summed E-state index contributed by atoms with van der Waals surface area (Å²) in [4.78, 5) is 26.9. The first-order valence-electron chi connectivity index (χ1n) is 6.35. The molecule has 2 rings (SSSR count).